The number of furan rings is 1. The van der Waals surface area contributed by atoms with Gasteiger partial charge in [-0.1, -0.05) is 52.9 Å². The van der Waals surface area contributed by atoms with E-state index in [4.69, 9.17) is 4.42 Å². The van der Waals surface area contributed by atoms with Crippen molar-refractivity contribution in [1.29, 1.82) is 0 Å². The number of anilines is 1. The maximum absolute atomic E-state index is 12.3. The van der Waals surface area contributed by atoms with Crippen LogP contribution in [-0.4, -0.2) is 21.4 Å². The van der Waals surface area contributed by atoms with Crippen LogP contribution in [0.4, 0.5) is 5.13 Å². The fourth-order valence-electron chi connectivity index (χ4n) is 2.15. The standard InChI is InChI=1S/C18H20N4O2S2/c1-12-5-7-14(8-6-12)10-19-16(23)13(2)25-18-22-21-17(26-18)20-11-15-4-3-9-24-15/h3-9,13H,10-11H2,1-2H3,(H,19,23)(H,20,21). The molecule has 0 aliphatic rings. The maximum Gasteiger partial charge on any atom is 0.233 e. The number of benzene rings is 1. The Bertz CT molecular complexity index is 831. The molecule has 6 nitrogen and oxygen atoms in total. The van der Waals surface area contributed by atoms with Gasteiger partial charge in [0.05, 0.1) is 18.1 Å². The first-order chi connectivity index (χ1) is 12.6. The summed E-state index contributed by atoms with van der Waals surface area (Å²) in [4.78, 5) is 12.3. The zero-order valence-electron chi connectivity index (χ0n) is 14.6. The lowest BCUT2D eigenvalue weighted by molar-refractivity contribution is -0.120. The van der Waals surface area contributed by atoms with Crippen LogP contribution in [0.15, 0.2) is 51.4 Å². The van der Waals surface area contributed by atoms with Gasteiger partial charge in [-0.2, -0.15) is 0 Å². The van der Waals surface area contributed by atoms with Crippen molar-refractivity contribution >= 4 is 34.1 Å². The topological polar surface area (TPSA) is 80.0 Å². The van der Waals surface area contributed by atoms with Crippen LogP contribution in [0.25, 0.3) is 0 Å². The molecule has 2 heterocycles. The summed E-state index contributed by atoms with van der Waals surface area (Å²) in [6.07, 6.45) is 1.63. The van der Waals surface area contributed by atoms with Gasteiger partial charge in [0.25, 0.3) is 0 Å². The molecule has 3 aromatic rings. The fourth-order valence-corrected chi connectivity index (χ4v) is 4.06. The lowest BCUT2D eigenvalue weighted by Crippen LogP contribution is -2.30. The quantitative estimate of drug-likeness (QED) is 0.571. The minimum atomic E-state index is -0.244. The summed E-state index contributed by atoms with van der Waals surface area (Å²) >= 11 is 2.83. The van der Waals surface area contributed by atoms with E-state index < -0.39 is 0 Å². The molecule has 1 unspecified atom stereocenters. The van der Waals surface area contributed by atoms with Gasteiger partial charge in [0, 0.05) is 6.54 Å². The van der Waals surface area contributed by atoms with Crippen molar-refractivity contribution in [3.8, 4) is 0 Å². The van der Waals surface area contributed by atoms with Crippen LogP contribution in [0.5, 0.6) is 0 Å². The monoisotopic (exact) mass is 388 g/mol. The molecule has 2 aromatic heterocycles. The molecule has 1 atom stereocenters. The number of carbonyl (C=O) groups excluding carboxylic acids is 1. The molecule has 0 aliphatic carbocycles. The molecular formula is C18H20N4O2S2. The van der Waals surface area contributed by atoms with E-state index in [1.165, 1.54) is 28.7 Å². The Balaban J connectivity index is 1.45. The molecular weight excluding hydrogens is 368 g/mol. The summed E-state index contributed by atoms with van der Waals surface area (Å²) in [5.41, 5.74) is 2.29. The van der Waals surface area contributed by atoms with Gasteiger partial charge >= 0.3 is 0 Å². The smallest absolute Gasteiger partial charge is 0.233 e. The van der Waals surface area contributed by atoms with Crippen LogP contribution in [0.2, 0.25) is 0 Å². The zero-order chi connectivity index (χ0) is 18.4. The summed E-state index contributed by atoms with van der Waals surface area (Å²) in [7, 11) is 0. The number of nitrogens with zero attached hydrogens (tertiary/aromatic N) is 2. The Hall–Kier alpha value is -2.32. The van der Waals surface area contributed by atoms with E-state index in [2.05, 4.69) is 20.8 Å². The predicted octanol–water partition coefficient (Wildman–Crippen LogP) is 3.85. The third kappa shape index (κ3) is 5.34. The van der Waals surface area contributed by atoms with E-state index in [1.54, 1.807) is 6.26 Å². The van der Waals surface area contributed by atoms with Gasteiger partial charge in [-0.3, -0.25) is 4.79 Å². The highest BCUT2D eigenvalue weighted by Crippen LogP contribution is 2.29. The van der Waals surface area contributed by atoms with E-state index >= 15 is 0 Å². The molecule has 1 aromatic carbocycles. The Morgan fingerprint density at radius 3 is 2.77 bits per heavy atom. The van der Waals surface area contributed by atoms with Crippen LogP contribution in [-0.2, 0) is 17.9 Å². The van der Waals surface area contributed by atoms with Crippen molar-refractivity contribution in [2.45, 2.75) is 36.5 Å². The molecule has 0 spiro atoms. The largest absolute Gasteiger partial charge is 0.467 e. The lowest BCUT2D eigenvalue weighted by Gasteiger charge is -2.10. The Morgan fingerprint density at radius 2 is 2.04 bits per heavy atom. The third-order valence-corrected chi connectivity index (χ3v) is 5.70. The predicted molar refractivity (Wildman–Crippen MR) is 104 cm³/mol. The number of carbonyl (C=O) groups is 1. The Labute approximate surface area is 160 Å². The average Bonchev–Trinajstić information content (AvgIpc) is 3.31. The number of rotatable bonds is 8. The second kappa shape index (κ2) is 8.86. The molecule has 2 N–H and O–H groups in total. The molecule has 8 heteroatoms. The molecule has 0 radical (unpaired) electrons. The van der Waals surface area contributed by atoms with Gasteiger partial charge in [-0.25, -0.2) is 0 Å². The number of nitrogens with one attached hydrogen (secondary N) is 2. The van der Waals surface area contributed by atoms with Gasteiger partial charge in [0.1, 0.15) is 5.76 Å². The third-order valence-electron chi connectivity index (χ3n) is 3.63. The highest BCUT2D eigenvalue weighted by atomic mass is 32.2. The van der Waals surface area contributed by atoms with E-state index in [-0.39, 0.29) is 11.2 Å². The van der Waals surface area contributed by atoms with Crippen molar-refractivity contribution in [2.75, 3.05) is 5.32 Å². The molecule has 136 valence electrons. The van der Waals surface area contributed by atoms with Crippen molar-refractivity contribution in [2.24, 2.45) is 0 Å². The van der Waals surface area contributed by atoms with Gasteiger partial charge in [0.2, 0.25) is 11.0 Å². The van der Waals surface area contributed by atoms with Crippen LogP contribution in [0.1, 0.15) is 23.8 Å². The average molecular weight is 389 g/mol. The molecule has 0 bridgehead atoms. The van der Waals surface area contributed by atoms with Crippen LogP contribution in [0.3, 0.4) is 0 Å². The van der Waals surface area contributed by atoms with Gasteiger partial charge in [0.15, 0.2) is 4.34 Å². The Kier molecular flexibility index (Phi) is 6.30. The molecule has 1 amide bonds. The number of aromatic nitrogens is 2. The van der Waals surface area contributed by atoms with Gasteiger partial charge in [-0.15, -0.1) is 10.2 Å². The second-order valence-corrected chi connectivity index (χ2v) is 8.33. The molecule has 0 aliphatic heterocycles. The minimum Gasteiger partial charge on any atom is -0.467 e. The zero-order valence-corrected chi connectivity index (χ0v) is 16.2. The number of hydrogen-bond donors (Lipinski definition) is 2. The molecule has 3 rings (SSSR count). The molecule has 26 heavy (non-hydrogen) atoms. The van der Waals surface area contributed by atoms with Crippen molar-refractivity contribution < 1.29 is 9.21 Å². The fraction of sp³-hybridized carbons (Fsp3) is 0.278. The summed E-state index contributed by atoms with van der Waals surface area (Å²) in [6, 6.07) is 11.9. The summed E-state index contributed by atoms with van der Waals surface area (Å²) in [5, 5.41) is 14.8. The van der Waals surface area contributed by atoms with E-state index in [0.29, 0.717) is 18.2 Å². The van der Waals surface area contributed by atoms with E-state index in [9.17, 15) is 4.79 Å². The van der Waals surface area contributed by atoms with Gasteiger partial charge < -0.3 is 15.1 Å². The maximum atomic E-state index is 12.3. The first kappa shape index (κ1) is 18.5. The highest BCUT2D eigenvalue weighted by Gasteiger charge is 2.17. The molecule has 0 saturated heterocycles. The van der Waals surface area contributed by atoms with E-state index in [1.807, 2.05) is 50.2 Å². The second-order valence-electron chi connectivity index (χ2n) is 5.77. The molecule has 0 saturated carbocycles. The number of hydrogen-bond acceptors (Lipinski definition) is 7. The van der Waals surface area contributed by atoms with Crippen molar-refractivity contribution in [3.05, 3.63) is 59.5 Å². The van der Waals surface area contributed by atoms with Crippen LogP contribution >= 0.6 is 23.1 Å². The van der Waals surface area contributed by atoms with Crippen molar-refractivity contribution in [3.63, 3.8) is 0 Å². The SMILES string of the molecule is Cc1ccc(CNC(=O)C(C)Sc2nnc(NCc3ccco3)s2)cc1. The van der Waals surface area contributed by atoms with Gasteiger partial charge in [-0.05, 0) is 31.5 Å². The van der Waals surface area contributed by atoms with Crippen LogP contribution in [0, 0.1) is 6.92 Å². The van der Waals surface area contributed by atoms with E-state index in [0.717, 1.165) is 15.7 Å². The van der Waals surface area contributed by atoms with Crippen LogP contribution < -0.4 is 10.6 Å². The highest BCUT2D eigenvalue weighted by molar-refractivity contribution is 8.02. The van der Waals surface area contributed by atoms with Crippen molar-refractivity contribution in [1.82, 2.24) is 15.5 Å². The molecule has 0 fully saturated rings. The summed E-state index contributed by atoms with van der Waals surface area (Å²) in [5.74, 6) is 0.814. The first-order valence-corrected chi connectivity index (χ1v) is 9.89. The number of aryl methyl sites for hydroxylation is 1. The minimum absolute atomic E-state index is 0.0177. The normalized spacial score (nSPS) is 11.9. The Morgan fingerprint density at radius 1 is 1.23 bits per heavy atom. The number of thioether (sulfide) groups is 1. The number of amides is 1. The summed E-state index contributed by atoms with van der Waals surface area (Å²) < 4.78 is 6.02. The lowest BCUT2D eigenvalue weighted by atomic mass is 10.1. The summed E-state index contributed by atoms with van der Waals surface area (Å²) in [6.45, 7) is 4.99. The first-order valence-electron chi connectivity index (χ1n) is 8.20.